The third-order valence-corrected chi connectivity index (χ3v) is 7.49. The Hall–Kier alpha value is -1.83. The van der Waals surface area contributed by atoms with E-state index in [4.69, 9.17) is 4.74 Å². The second-order valence-corrected chi connectivity index (χ2v) is 10.1. The maximum Gasteiger partial charge on any atom is 0.119 e. The molecule has 1 aromatic heterocycles. The van der Waals surface area contributed by atoms with Gasteiger partial charge in [0.25, 0.3) is 0 Å². The van der Waals surface area contributed by atoms with E-state index in [1.54, 1.807) is 0 Å². The quantitative estimate of drug-likeness (QED) is 0.293. The molecule has 3 rings (SSSR count). The molecule has 0 spiro atoms. The fourth-order valence-electron chi connectivity index (χ4n) is 5.22. The first-order valence-corrected chi connectivity index (χ1v) is 13.4. The first kappa shape index (κ1) is 24.8. The molecule has 0 aliphatic heterocycles. The fourth-order valence-corrected chi connectivity index (χ4v) is 5.22. The number of hydrogen-bond acceptors (Lipinski definition) is 2. The Balaban J connectivity index is 1.42. The summed E-state index contributed by atoms with van der Waals surface area (Å²) in [5.74, 6) is 3.59. The lowest BCUT2D eigenvalue weighted by Crippen LogP contribution is -2.20. The van der Waals surface area contributed by atoms with Crippen LogP contribution in [0.5, 0.6) is 5.75 Å². The van der Waals surface area contributed by atoms with E-state index in [1.807, 2.05) is 6.20 Å². The Morgan fingerprint density at radius 3 is 2.25 bits per heavy atom. The minimum Gasteiger partial charge on any atom is -0.494 e. The fraction of sp³-hybridized carbons (Fsp3) is 0.633. The number of hydrogen-bond donors (Lipinski definition) is 0. The number of nitrogens with zero attached hydrogens (tertiary/aromatic N) is 1. The Morgan fingerprint density at radius 1 is 0.906 bits per heavy atom. The van der Waals surface area contributed by atoms with Gasteiger partial charge in [0.05, 0.1) is 12.3 Å². The lowest BCUT2D eigenvalue weighted by molar-refractivity contribution is 0.190. The number of ether oxygens (including phenoxy) is 1. The van der Waals surface area contributed by atoms with Crippen LogP contribution in [0.2, 0.25) is 0 Å². The molecule has 3 unspecified atom stereocenters. The van der Waals surface area contributed by atoms with E-state index >= 15 is 0 Å². The summed E-state index contributed by atoms with van der Waals surface area (Å²) in [4.78, 5) is 4.69. The van der Waals surface area contributed by atoms with Crippen LogP contribution in [0.3, 0.4) is 0 Å². The van der Waals surface area contributed by atoms with Gasteiger partial charge >= 0.3 is 0 Å². The average Bonchev–Trinajstić information content (AvgIpc) is 2.83. The molecule has 1 fully saturated rings. The lowest BCUT2D eigenvalue weighted by Gasteiger charge is -2.31. The van der Waals surface area contributed by atoms with E-state index in [1.165, 1.54) is 76.2 Å². The van der Waals surface area contributed by atoms with Crippen LogP contribution >= 0.6 is 0 Å². The first-order chi connectivity index (χ1) is 15.7. The molecule has 1 aliphatic carbocycles. The Labute approximate surface area is 197 Å². The van der Waals surface area contributed by atoms with Crippen LogP contribution in [0.1, 0.15) is 97.0 Å². The molecule has 0 bridgehead atoms. The van der Waals surface area contributed by atoms with Gasteiger partial charge in [0.1, 0.15) is 5.75 Å². The van der Waals surface area contributed by atoms with Gasteiger partial charge in [-0.1, -0.05) is 84.6 Å². The summed E-state index contributed by atoms with van der Waals surface area (Å²) < 4.78 is 6.08. The predicted octanol–water partition coefficient (Wildman–Crippen LogP) is 8.88. The molecule has 2 nitrogen and oxygen atoms in total. The topological polar surface area (TPSA) is 22.1 Å². The molecule has 2 aromatic rings. The highest BCUT2D eigenvalue weighted by atomic mass is 16.5. The molecule has 0 N–H and O–H groups in total. The number of benzene rings is 1. The molecule has 3 atom stereocenters. The van der Waals surface area contributed by atoms with Gasteiger partial charge in [-0.2, -0.15) is 0 Å². The number of aromatic nitrogens is 1. The molecule has 1 aromatic carbocycles. The first-order valence-electron chi connectivity index (χ1n) is 13.4. The highest BCUT2D eigenvalue weighted by Gasteiger charge is 2.24. The summed E-state index contributed by atoms with van der Waals surface area (Å²) in [6.07, 6.45) is 18.3. The highest BCUT2D eigenvalue weighted by Crippen LogP contribution is 2.36. The summed E-state index contributed by atoms with van der Waals surface area (Å²) in [6.45, 7) is 7.69. The Kier molecular flexibility index (Phi) is 10.6. The number of unbranched alkanes of at least 4 members (excludes halogenated alkanes) is 2. The maximum atomic E-state index is 6.08. The molecule has 0 radical (unpaired) electrons. The van der Waals surface area contributed by atoms with Crippen molar-refractivity contribution in [1.82, 2.24) is 4.98 Å². The molecule has 1 heterocycles. The average molecular weight is 436 g/mol. The third-order valence-electron chi connectivity index (χ3n) is 7.49. The van der Waals surface area contributed by atoms with Crippen molar-refractivity contribution >= 4 is 0 Å². The lowest BCUT2D eigenvalue weighted by atomic mass is 9.74. The summed E-state index contributed by atoms with van der Waals surface area (Å²) in [6, 6.07) is 12.8. The van der Waals surface area contributed by atoms with Crippen molar-refractivity contribution in [3.8, 4) is 17.0 Å². The molecule has 0 amide bonds. The monoisotopic (exact) mass is 435 g/mol. The van der Waals surface area contributed by atoms with Crippen molar-refractivity contribution in [1.29, 1.82) is 0 Å². The third kappa shape index (κ3) is 7.94. The molecule has 1 saturated carbocycles. The van der Waals surface area contributed by atoms with Gasteiger partial charge in [0, 0.05) is 11.8 Å². The van der Waals surface area contributed by atoms with Crippen LogP contribution in [-0.4, -0.2) is 11.6 Å². The SMILES string of the molecule is CCCCCC1CCCCC1CCCOc1ccc(-c2ccc(CC(C)CC)cn2)cc1. The van der Waals surface area contributed by atoms with Gasteiger partial charge in [-0.05, 0) is 72.9 Å². The van der Waals surface area contributed by atoms with E-state index in [0.717, 1.165) is 41.9 Å². The van der Waals surface area contributed by atoms with Crippen molar-refractivity contribution in [2.75, 3.05) is 6.61 Å². The summed E-state index contributed by atoms with van der Waals surface area (Å²) in [5, 5.41) is 0. The van der Waals surface area contributed by atoms with Crippen LogP contribution < -0.4 is 4.74 Å². The second-order valence-electron chi connectivity index (χ2n) is 10.1. The van der Waals surface area contributed by atoms with Gasteiger partial charge in [-0.15, -0.1) is 0 Å². The summed E-state index contributed by atoms with van der Waals surface area (Å²) in [7, 11) is 0. The molecular weight excluding hydrogens is 390 g/mol. The zero-order valence-corrected chi connectivity index (χ0v) is 20.8. The van der Waals surface area contributed by atoms with Crippen molar-refractivity contribution < 1.29 is 4.74 Å². The van der Waals surface area contributed by atoms with Crippen LogP contribution in [0, 0.1) is 17.8 Å². The van der Waals surface area contributed by atoms with Gasteiger partial charge in [-0.25, -0.2) is 0 Å². The maximum absolute atomic E-state index is 6.08. The summed E-state index contributed by atoms with van der Waals surface area (Å²) >= 11 is 0. The van der Waals surface area contributed by atoms with Crippen LogP contribution in [-0.2, 0) is 6.42 Å². The molecule has 32 heavy (non-hydrogen) atoms. The number of rotatable bonds is 13. The van der Waals surface area contributed by atoms with Gasteiger partial charge < -0.3 is 4.74 Å². The van der Waals surface area contributed by atoms with Crippen molar-refractivity contribution in [2.45, 2.75) is 97.8 Å². The van der Waals surface area contributed by atoms with Crippen LogP contribution in [0.4, 0.5) is 0 Å². The Bertz CT molecular complexity index is 751. The van der Waals surface area contributed by atoms with Crippen molar-refractivity contribution in [2.24, 2.45) is 17.8 Å². The predicted molar refractivity (Wildman–Crippen MR) is 137 cm³/mol. The van der Waals surface area contributed by atoms with Crippen LogP contribution in [0.15, 0.2) is 42.6 Å². The van der Waals surface area contributed by atoms with Crippen molar-refractivity contribution in [3.05, 3.63) is 48.2 Å². The molecule has 1 aliphatic rings. The van der Waals surface area contributed by atoms with E-state index < -0.39 is 0 Å². The Morgan fingerprint density at radius 2 is 1.62 bits per heavy atom. The van der Waals surface area contributed by atoms with E-state index in [2.05, 4.69) is 62.2 Å². The van der Waals surface area contributed by atoms with Gasteiger partial charge in [-0.3, -0.25) is 4.98 Å². The highest BCUT2D eigenvalue weighted by molar-refractivity contribution is 5.60. The molecular formula is C30H45NO. The summed E-state index contributed by atoms with van der Waals surface area (Å²) in [5.41, 5.74) is 3.52. The molecule has 0 saturated heterocycles. The minimum absolute atomic E-state index is 0.712. The van der Waals surface area contributed by atoms with Crippen molar-refractivity contribution in [3.63, 3.8) is 0 Å². The van der Waals surface area contributed by atoms with Gasteiger partial charge in [0.15, 0.2) is 0 Å². The van der Waals surface area contributed by atoms with E-state index in [-0.39, 0.29) is 0 Å². The minimum atomic E-state index is 0.712. The molecule has 2 heteroatoms. The molecule has 176 valence electrons. The smallest absolute Gasteiger partial charge is 0.119 e. The number of pyridine rings is 1. The van der Waals surface area contributed by atoms with Gasteiger partial charge in [0.2, 0.25) is 0 Å². The zero-order chi connectivity index (χ0) is 22.6. The van der Waals surface area contributed by atoms with E-state index in [9.17, 15) is 0 Å². The van der Waals surface area contributed by atoms with Crippen LogP contribution in [0.25, 0.3) is 11.3 Å². The standard InChI is InChI=1S/C30H45NO/c1-4-6-7-11-26-12-8-9-13-27(26)14-10-21-32-29-18-16-28(17-19-29)30-20-15-25(23-31-30)22-24(3)5-2/h15-20,23-24,26-27H,4-14,21-22H2,1-3H3. The largest absolute Gasteiger partial charge is 0.494 e. The van der Waals surface area contributed by atoms with E-state index in [0.29, 0.717) is 5.92 Å². The normalized spacial score (nSPS) is 19.6. The zero-order valence-electron chi connectivity index (χ0n) is 20.8. The second kappa shape index (κ2) is 13.7.